The number of nitrogens with zero attached hydrogens (tertiary/aromatic N) is 3. The molecular weight excluding hydrogens is 312 g/mol. The maximum atomic E-state index is 12.8. The molecule has 1 saturated carbocycles. The van der Waals surface area contributed by atoms with E-state index in [9.17, 15) is 4.79 Å². The van der Waals surface area contributed by atoms with Crippen molar-refractivity contribution in [2.24, 2.45) is 5.92 Å². The molecule has 0 bridgehead atoms. The van der Waals surface area contributed by atoms with Crippen LogP contribution in [0.25, 0.3) is 0 Å². The Morgan fingerprint density at radius 2 is 2.30 bits per heavy atom. The molecule has 3 atom stereocenters. The van der Waals surface area contributed by atoms with Gasteiger partial charge in [0, 0.05) is 28.1 Å². The van der Waals surface area contributed by atoms with Gasteiger partial charge in [-0.15, -0.1) is 11.3 Å². The number of aryl methyl sites for hydroxylation is 2. The van der Waals surface area contributed by atoms with Gasteiger partial charge in [0.05, 0.1) is 13.2 Å². The number of hydrogen-bond acceptors (Lipinski definition) is 5. The highest BCUT2D eigenvalue weighted by molar-refractivity contribution is 7.12. The van der Waals surface area contributed by atoms with Gasteiger partial charge in [-0.3, -0.25) is 9.89 Å². The van der Waals surface area contributed by atoms with Crippen LogP contribution in [0.1, 0.15) is 39.8 Å². The molecule has 122 valence electrons. The lowest BCUT2D eigenvalue weighted by molar-refractivity contribution is -0.140. The number of aromatic amines is 1. The lowest BCUT2D eigenvalue weighted by atomic mass is 10.2. The van der Waals surface area contributed by atoms with Crippen molar-refractivity contribution in [3.63, 3.8) is 0 Å². The maximum Gasteiger partial charge on any atom is 0.226 e. The summed E-state index contributed by atoms with van der Waals surface area (Å²) in [6.45, 7) is 5.71. The Morgan fingerprint density at radius 1 is 1.43 bits per heavy atom. The third-order valence-corrected chi connectivity index (χ3v) is 5.65. The molecule has 1 saturated heterocycles. The molecule has 1 N–H and O–H groups in total. The van der Waals surface area contributed by atoms with E-state index in [1.165, 1.54) is 9.75 Å². The first kappa shape index (κ1) is 14.8. The van der Waals surface area contributed by atoms with Crippen molar-refractivity contribution in [2.75, 3.05) is 19.7 Å². The Balaban J connectivity index is 1.41. The maximum absolute atomic E-state index is 12.8. The number of morpholine rings is 1. The summed E-state index contributed by atoms with van der Waals surface area (Å²) in [4.78, 5) is 21.7. The fourth-order valence-electron chi connectivity index (χ4n) is 3.18. The minimum absolute atomic E-state index is 0.140. The molecule has 23 heavy (non-hydrogen) atoms. The second-order valence-corrected chi connectivity index (χ2v) is 7.64. The number of amides is 1. The van der Waals surface area contributed by atoms with Gasteiger partial charge in [0.15, 0.2) is 5.82 Å². The SMILES string of the molecule is Cc1nc(C2CN(C(=O)C3CC3c3ccc(C)s3)CCO2)n[nH]1. The summed E-state index contributed by atoms with van der Waals surface area (Å²) in [6, 6.07) is 4.30. The molecule has 3 unspecified atom stereocenters. The molecule has 2 aromatic heterocycles. The number of ether oxygens (including phenoxy) is 1. The Hall–Kier alpha value is -1.73. The molecule has 2 aromatic rings. The van der Waals surface area contributed by atoms with Crippen molar-refractivity contribution in [1.29, 1.82) is 0 Å². The van der Waals surface area contributed by atoms with Crippen LogP contribution >= 0.6 is 11.3 Å². The summed E-state index contributed by atoms with van der Waals surface area (Å²) in [5.41, 5.74) is 0. The van der Waals surface area contributed by atoms with Crippen molar-refractivity contribution in [1.82, 2.24) is 20.1 Å². The summed E-state index contributed by atoms with van der Waals surface area (Å²) in [6.07, 6.45) is 0.749. The van der Waals surface area contributed by atoms with Crippen molar-refractivity contribution in [3.05, 3.63) is 33.5 Å². The van der Waals surface area contributed by atoms with Gasteiger partial charge in [-0.2, -0.15) is 5.10 Å². The Kier molecular flexibility index (Phi) is 3.69. The van der Waals surface area contributed by atoms with Crippen LogP contribution in [0.15, 0.2) is 12.1 Å². The molecule has 1 aliphatic carbocycles. The van der Waals surface area contributed by atoms with E-state index >= 15 is 0 Å². The van der Waals surface area contributed by atoms with Crippen molar-refractivity contribution >= 4 is 17.2 Å². The highest BCUT2D eigenvalue weighted by atomic mass is 32.1. The number of carbonyl (C=O) groups excluding carboxylic acids is 1. The highest BCUT2D eigenvalue weighted by Gasteiger charge is 2.47. The molecule has 0 aromatic carbocycles. The summed E-state index contributed by atoms with van der Waals surface area (Å²) in [7, 11) is 0. The van der Waals surface area contributed by atoms with Crippen LogP contribution in [0, 0.1) is 19.8 Å². The Bertz CT molecular complexity index is 725. The van der Waals surface area contributed by atoms with Gasteiger partial charge in [0.1, 0.15) is 11.9 Å². The van der Waals surface area contributed by atoms with E-state index in [2.05, 4.69) is 34.2 Å². The van der Waals surface area contributed by atoms with Crippen LogP contribution in [0.5, 0.6) is 0 Å². The topological polar surface area (TPSA) is 71.1 Å². The van der Waals surface area contributed by atoms with E-state index in [4.69, 9.17) is 4.74 Å². The largest absolute Gasteiger partial charge is 0.366 e. The smallest absolute Gasteiger partial charge is 0.226 e. The lowest BCUT2D eigenvalue weighted by Crippen LogP contribution is -2.43. The average molecular weight is 332 g/mol. The second kappa shape index (κ2) is 5.72. The molecule has 2 aliphatic rings. The predicted octanol–water partition coefficient (Wildman–Crippen LogP) is 2.19. The molecule has 2 fully saturated rings. The van der Waals surface area contributed by atoms with Gasteiger partial charge in [-0.25, -0.2) is 4.98 Å². The normalized spacial score (nSPS) is 27.2. The summed E-state index contributed by atoms with van der Waals surface area (Å²) in [5, 5.41) is 6.99. The van der Waals surface area contributed by atoms with Crippen LogP contribution in [0.3, 0.4) is 0 Å². The number of hydrogen-bond donors (Lipinski definition) is 1. The van der Waals surface area contributed by atoms with E-state index in [1.807, 2.05) is 11.8 Å². The first-order chi connectivity index (χ1) is 11.1. The summed E-state index contributed by atoms with van der Waals surface area (Å²) >= 11 is 1.81. The second-order valence-electron chi connectivity index (χ2n) is 6.32. The molecule has 7 heteroatoms. The zero-order valence-electron chi connectivity index (χ0n) is 13.3. The molecule has 0 spiro atoms. The van der Waals surface area contributed by atoms with Crippen LogP contribution in [-0.4, -0.2) is 45.7 Å². The molecule has 6 nitrogen and oxygen atoms in total. The summed E-state index contributed by atoms with van der Waals surface area (Å²) in [5.74, 6) is 2.21. The van der Waals surface area contributed by atoms with Crippen molar-refractivity contribution < 1.29 is 9.53 Å². The van der Waals surface area contributed by atoms with Crippen LogP contribution < -0.4 is 0 Å². The van der Waals surface area contributed by atoms with Crippen LogP contribution in [0.2, 0.25) is 0 Å². The fraction of sp³-hybridized carbons (Fsp3) is 0.562. The van der Waals surface area contributed by atoms with E-state index in [0.29, 0.717) is 31.4 Å². The number of rotatable bonds is 3. The van der Waals surface area contributed by atoms with Gasteiger partial charge in [0.2, 0.25) is 5.91 Å². The highest BCUT2D eigenvalue weighted by Crippen LogP contribution is 2.50. The zero-order valence-corrected chi connectivity index (χ0v) is 14.1. The van der Waals surface area contributed by atoms with E-state index in [0.717, 1.165) is 12.2 Å². The third kappa shape index (κ3) is 2.90. The molecule has 1 aliphatic heterocycles. The molecule has 1 amide bonds. The van der Waals surface area contributed by atoms with Gasteiger partial charge < -0.3 is 9.64 Å². The first-order valence-corrected chi connectivity index (χ1v) is 8.79. The van der Waals surface area contributed by atoms with Gasteiger partial charge in [-0.05, 0) is 32.4 Å². The predicted molar refractivity (Wildman–Crippen MR) is 86.3 cm³/mol. The number of H-pyrrole nitrogens is 1. The van der Waals surface area contributed by atoms with Gasteiger partial charge in [0.25, 0.3) is 0 Å². The fourth-order valence-corrected chi connectivity index (χ4v) is 4.24. The molecule has 0 radical (unpaired) electrons. The number of carbonyl (C=O) groups is 1. The quantitative estimate of drug-likeness (QED) is 0.935. The minimum Gasteiger partial charge on any atom is -0.366 e. The summed E-state index contributed by atoms with van der Waals surface area (Å²) < 4.78 is 5.74. The molecular formula is C16H20N4O2S. The first-order valence-electron chi connectivity index (χ1n) is 7.97. The minimum atomic E-state index is -0.223. The lowest BCUT2D eigenvalue weighted by Gasteiger charge is -2.31. The van der Waals surface area contributed by atoms with Gasteiger partial charge in [-0.1, -0.05) is 0 Å². The van der Waals surface area contributed by atoms with Crippen molar-refractivity contribution in [3.8, 4) is 0 Å². The zero-order chi connectivity index (χ0) is 16.0. The Labute approximate surface area is 138 Å². The standard InChI is InChI=1S/C16H20N4O2S/c1-9-3-4-14(23-9)11-7-12(11)16(21)20-5-6-22-13(8-20)15-17-10(2)18-19-15/h3-4,11-13H,5-8H2,1-2H3,(H,17,18,19). The number of nitrogens with one attached hydrogen (secondary N) is 1. The average Bonchev–Trinajstić information content (AvgIpc) is 3.04. The Morgan fingerprint density at radius 3 is 3.00 bits per heavy atom. The molecule has 4 rings (SSSR count). The molecule has 3 heterocycles. The van der Waals surface area contributed by atoms with E-state index < -0.39 is 0 Å². The van der Waals surface area contributed by atoms with E-state index in [1.54, 1.807) is 11.3 Å². The van der Waals surface area contributed by atoms with Gasteiger partial charge >= 0.3 is 0 Å². The van der Waals surface area contributed by atoms with Crippen LogP contribution in [-0.2, 0) is 9.53 Å². The third-order valence-electron chi connectivity index (χ3n) is 4.51. The van der Waals surface area contributed by atoms with Crippen molar-refractivity contribution in [2.45, 2.75) is 32.3 Å². The van der Waals surface area contributed by atoms with E-state index in [-0.39, 0.29) is 17.9 Å². The van der Waals surface area contributed by atoms with Crippen LogP contribution in [0.4, 0.5) is 0 Å². The monoisotopic (exact) mass is 332 g/mol. The number of aromatic nitrogens is 3. The number of thiophene rings is 1.